The van der Waals surface area contributed by atoms with Crippen LogP contribution in [0, 0.1) is 23.3 Å². The number of carboxylic acid groups (broad SMARTS) is 1. The highest BCUT2D eigenvalue weighted by molar-refractivity contribution is 5.78. The predicted molar refractivity (Wildman–Crippen MR) is 61.5 cm³/mol. The lowest BCUT2D eigenvalue weighted by Gasteiger charge is -2.25. The number of benzene rings is 1. The van der Waals surface area contributed by atoms with Crippen molar-refractivity contribution in [2.75, 3.05) is 13.2 Å². The highest BCUT2D eigenvalue weighted by Crippen LogP contribution is 2.27. The number of hydrogen-bond donors (Lipinski definition) is 2. The molecule has 1 aromatic carbocycles. The van der Waals surface area contributed by atoms with Gasteiger partial charge in [-0.25, -0.2) is 8.78 Å². The molecule has 112 valence electrons. The van der Waals surface area contributed by atoms with Crippen molar-refractivity contribution < 1.29 is 32.2 Å². The van der Waals surface area contributed by atoms with Crippen molar-refractivity contribution in [2.24, 2.45) is 0 Å². The van der Waals surface area contributed by atoms with Crippen molar-refractivity contribution in [3.63, 3.8) is 0 Å². The smallest absolute Gasteiger partial charge is 0.327 e. The van der Waals surface area contributed by atoms with Crippen LogP contribution in [0.25, 0.3) is 0 Å². The zero-order chi connectivity index (χ0) is 15.5. The maximum atomic E-state index is 13.3. The topological polar surface area (TPSA) is 58.6 Å². The first kappa shape index (κ1) is 16.2. The predicted octanol–water partition coefficient (Wildman–Crippen LogP) is 2.07. The van der Waals surface area contributed by atoms with Crippen LogP contribution in [0.5, 0.6) is 5.75 Å². The largest absolute Gasteiger partial charge is 0.485 e. The fraction of sp³-hybridized carbons (Fsp3) is 0.417. The van der Waals surface area contributed by atoms with E-state index in [0.717, 1.165) is 0 Å². The van der Waals surface area contributed by atoms with E-state index >= 15 is 0 Å². The second kappa shape index (κ2) is 6.08. The zero-order valence-electron chi connectivity index (χ0n) is 10.8. The fourth-order valence-corrected chi connectivity index (χ4v) is 1.47. The molecular weight excluding hydrogens is 282 g/mol. The van der Waals surface area contributed by atoms with E-state index in [1.165, 1.54) is 6.92 Å². The minimum atomic E-state index is -1.71. The van der Waals surface area contributed by atoms with Crippen LogP contribution in [-0.2, 0) is 4.79 Å². The summed E-state index contributed by atoms with van der Waals surface area (Å²) < 4.78 is 57.2. The summed E-state index contributed by atoms with van der Waals surface area (Å²) in [6.07, 6.45) is 0. The SMILES string of the molecule is CCNC(C)(COc1c(F)c(F)cc(F)c1F)C(=O)O. The van der Waals surface area contributed by atoms with E-state index in [9.17, 15) is 22.4 Å². The van der Waals surface area contributed by atoms with E-state index < -0.39 is 47.1 Å². The molecule has 8 heteroatoms. The minimum Gasteiger partial charge on any atom is -0.485 e. The monoisotopic (exact) mass is 295 g/mol. The van der Waals surface area contributed by atoms with Crippen LogP contribution in [0.15, 0.2) is 6.07 Å². The number of hydrogen-bond acceptors (Lipinski definition) is 3. The first-order valence-corrected chi connectivity index (χ1v) is 5.67. The van der Waals surface area contributed by atoms with Gasteiger partial charge in [-0.15, -0.1) is 0 Å². The molecule has 0 fully saturated rings. The summed E-state index contributed by atoms with van der Waals surface area (Å²) in [4.78, 5) is 11.1. The van der Waals surface area contributed by atoms with Gasteiger partial charge in [-0.1, -0.05) is 6.92 Å². The van der Waals surface area contributed by atoms with Crippen molar-refractivity contribution in [2.45, 2.75) is 19.4 Å². The summed E-state index contributed by atoms with van der Waals surface area (Å²) in [5.41, 5.74) is -1.66. The number of rotatable bonds is 6. The molecule has 1 aromatic rings. The average Bonchev–Trinajstić information content (AvgIpc) is 2.36. The van der Waals surface area contributed by atoms with Crippen molar-refractivity contribution in [1.29, 1.82) is 0 Å². The lowest BCUT2D eigenvalue weighted by molar-refractivity contribution is -0.145. The van der Waals surface area contributed by atoms with Gasteiger partial charge < -0.3 is 9.84 Å². The van der Waals surface area contributed by atoms with Crippen LogP contribution in [0.4, 0.5) is 17.6 Å². The zero-order valence-corrected chi connectivity index (χ0v) is 10.8. The van der Waals surface area contributed by atoms with Crippen molar-refractivity contribution in [1.82, 2.24) is 5.32 Å². The van der Waals surface area contributed by atoms with Gasteiger partial charge in [0.1, 0.15) is 12.1 Å². The highest BCUT2D eigenvalue weighted by Gasteiger charge is 2.34. The van der Waals surface area contributed by atoms with E-state index in [-0.39, 0.29) is 12.6 Å². The Morgan fingerprint density at radius 2 is 1.80 bits per heavy atom. The molecular formula is C12H13F4NO3. The molecule has 0 aliphatic carbocycles. The Labute approximate surface area is 112 Å². The number of carboxylic acids is 1. The number of likely N-dealkylation sites (N-methyl/N-ethyl adjacent to an activating group) is 1. The van der Waals surface area contributed by atoms with Gasteiger partial charge in [-0.05, 0) is 13.5 Å². The molecule has 1 unspecified atom stereocenters. The standard InChI is InChI=1S/C12H13F4NO3/c1-3-17-12(2,11(18)19)5-20-10-8(15)6(13)4-7(14)9(10)16/h4,17H,3,5H2,1-2H3,(H,18,19). The van der Waals surface area contributed by atoms with Crippen molar-refractivity contribution >= 4 is 5.97 Å². The molecule has 1 rings (SSSR count). The third-order valence-corrected chi connectivity index (χ3v) is 2.62. The summed E-state index contributed by atoms with van der Waals surface area (Å²) >= 11 is 0. The van der Waals surface area contributed by atoms with Gasteiger partial charge in [0, 0.05) is 6.07 Å². The molecule has 0 aliphatic heterocycles. The Morgan fingerprint density at radius 3 is 2.20 bits per heavy atom. The lowest BCUT2D eigenvalue weighted by atomic mass is 10.0. The molecule has 0 spiro atoms. The lowest BCUT2D eigenvalue weighted by Crippen LogP contribution is -2.53. The molecule has 0 bridgehead atoms. The summed E-state index contributed by atoms with van der Waals surface area (Å²) in [5.74, 6) is -9.30. The minimum absolute atomic E-state index is 0.0399. The van der Waals surface area contributed by atoms with Gasteiger partial charge in [0.05, 0.1) is 0 Å². The number of carbonyl (C=O) groups is 1. The second-order valence-electron chi connectivity index (χ2n) is 4.25. The van der Waals surface area contributed by atoms with Crippen LogP contribution in [0.1, 0.15) is 13.8 Å². The first-order chi connectivity index (χ1) is 9.23. The first-order valence-electron chi connectivity index (χ1n) is 5.67. The molecule has 2 N–H and O–H groups in total. The maximum absolute atomic E-state index is 13.3. The molecule has 0 amide bonds. The molecule has 20 heavy (non-hydrogen) atoms. The number of ether oxygens (including phenoxy) is 1. The van der Waals surface area contributed by atoms with Crippen LogP contribution >= 0.6 is 0 Å². The summed E-state index contributed by atoms with van der Waals surface area (Å²) in [6.45, 7) is 2.36. The molecule has 0 radical (unpaired) electrons. The number of halogens is 4. The Bertz CT molecular complexity index is 498. The van der Waals surface area contributed by atoms with Gasteiger partial charge in [0.15, 0.2) is 17.4 Å². The molecule has 4 nitrogen and oxygen atoms in total. The molecule has 0 saturated heterocycles. The summed E-state index contributed by atoms with van der Waals surface area (Å²) in [6, 6.07) is 0.0399. The molecule has 1 atom stereocenters. The Morgan fingerprint density at radius 1 is 1.30 bits per heavy atom. The third kappa shape index (κ3) is 3.19. The van der Waals surface area contributed by atoms with Gasteiger partial charge in [0.25, 0.3) is 0 Å². The molecule has 0 saturated carbocycles. The van der Waals surface area contributed by atoms with Crippen LogP contribution < -0.4 is 10.1 Å². The van der Waals surface area contributed by atoms with E-state index in [4.69, 9.17) is 5.11 Å². The average molecular weight is 295 g/mol. The van der Waals surface area contributed by atoms with Gasteiger partial charge in [0.2, 0.25) is 11.6 Å². The van der Waals surface area contributed by atoms with Crippen LogP contribution in [0.3, 0.4) is 0 Å². The Balaban J connectivity index is 3.03. The second-order valence-corrected chi connectivity index (χ2v) is 4.25. The van der Waals surface area contributed by atoms with Gasteiger partial charge in [-0.3, -0.25) is 10.1 Å². The fourth-order valence-electron chi connectivity index (χ4n) is 1.47. The number of aliphatic carboxylic acids is 1. The Hall–Kier alpha value is -1.83. The quantitative estimate of drug-likeness (QED) is 0.623. The molecule has 0 aliphatic rings. The number of nitrogens with one attached hydrogen (secondary N) is 1. The van der Waals surface area contributed by atoms with Gasteiger partial charge in [-0.2, -0.15) is 8.78 Å². The van der Waals surface area contributed by atoms with Crippen LogP contribution in [0.2, 0.25) is 0 Å². The van der Waals surface area contributed by atoms with Crippen molar-refractivity contribution in [3.8, 4) is 5.75 Å². The highest BCUT2D eigenvalue weighted by atomic mass is 19.2. The van der Waals surface area contributed by atoms with Crippen molar-refractivity contribution in [3.05, 3.63) is 29.3 Å². The van der Waals surface area contributed by atoms with E-state index in [0.29, 0.717) is 0 Å². The van der Waals surface area contributed by atoms with Crippen LogP contribution in [-0.4, -0.2) is 29.8 Å². The normalized spacial score (nSPS) is 13.9. The van der Waals surface area contributed by atoms with Gasteiger partial charge >= 0.3 is 5.97 Å². The van der Waals surface area contributed by atoms with E-state index in [1.807, 2.05) is 0 Å². The maximum Gasteiger partial charge on any atom is 0.327 e. The Kier molecular flexibility index (Phi) is 4.93. The molecule has 0 aromatic heterocycles. The molecule has 0 heterocycles. The van der Waals surface area contributed by atoms with E-state index in [1.54, 1.807) is 6.92 Å². The summed E-state index contributed by atoms with van der Waals surface area (Å²) in [5, 5.41) is 11.6. The third-order valence-electron chi connectivity index (χ3n) is 2.62. The van der Waals surface area contributed by atoms with E-state index in [2.05, 4.69) is 10.1 Å². The summed E-state index contributed by atoms with van der Waals surface area (Å²) in [7, 11) is 0.